The molecule has 10 aromatic rings. The summed E-state index contributed by atoms with van der Waals surface area (Å²) < 4.78 is 2.45. The van der Waals surface area contributed by atoms with Crippen molar-refractivity contribution in [2.45, 2.75) is 0 Å². The summed E-state index contributed by atoms with van der Waals surface area (Å²) in [6.07, 6.45) is 0. The third kappa shape index (κ3) is 3.47. The Morgan fingerprint density at radius 2 is 0.804 bits per heavy atom. The lowest BCUT2D eigenvalue weighted by molar-refractivity contribution is 1.31. The molecule has 2 nitrogen and oxygen atoms in total. The monoisotopic (exact) mass is 584 g/mol. The van der Waals surface area contributed by atoms with Gasteiger partial charge in [0.25, 0.3) is 0 Å². The Labute approximate surface area is 266 Å². The Morgan fingerprint density at radius 1 is 0.348 bits per heavy atom. The average Bonchev–Trinajstić information content (AvgIpc) is 3.64. The third-order valence-electron chi connectivity index (χ3n) is 9.65. The molecule has 0 bridgehead atoms. The van der Waals surface area contributed by atoms with Crippen LogP contribution in [0.5, 0.6) is 0 Å². The summed E-state index contributed by atoms with van der Waals surface area (Å²) in [5.41, 5.74) is 9.67. The zero-order valence-corrected chi connectivity index (χ0v) is 25.1. The summed E-state index contributed by atoms with van der Waals surface area (Å²) in [6, 6.07) is 62.0. The van der Waals surface area contributed by atoms with Crippen LogP contribution in [0.1, 0.15) is 0 Å². The van der Waals surface area contributed by atoms with Crippen LogP contribution in [0.25, 0.3) is 70.8 Å². The molecular weight excluding hydrogens is 556 g/mol. The zero-order chi connectivity index (χ0) is 30.2. The maximum Gasteiger partial charge on any atom is 0.0624 e. The van der Waals surface area contributed by atoms with E-state index in [-0.39, 0.29) is 0 Å². The van der Waals surface area contributed by atoms with E-state index in [0.29, 0.717) is 0 Å². The van der Waals surface area contributed by atoms with E-state index in [1.54, 1.807) is 0 Å². The summed E-state index contributed by atoms with van der Waals surface area (Å²) >= 11 is 0. The van der Waals surface area contributed by atoms with Crippen LogP contribution < -0.4 is 4.90 Å². The van der Waals surface area contributed by atoms with Crippen LogP contribution in [-0.4, -0.2) is 4.40 Å². The molecule has 0 aliphatic heterocycles. The van der Waals surface area contributed by atoms with Crippen molar-refractivity contribution in [1.29, 1.82) is 0 Å². The van der Waals surface area contributed by atoms with Crippen LogP contribution in [0.3, 0.4) is 0 Å². The molecule has 2 heteroatoms. The van der Waals surface area contributed by atoms with Gasteiger partial charge in [0.1, 0.15) is 0 Å². The lowest BCUT2D eigenvalue weighted by atomic mass is 9.90. The van der Waals surface area contributed by atoms with Gasteiger partial charge in [-0.05, 0) is 58.1 Å². The average molecular weight is 585 g/mol. The van der Waals surface area contributed by atoms with Crippen molar-refractivity contribution in [2.75, 3.05) is 4.90 Å². The summed E-state index contributed by atoms with van der Waals surface area (Å²) in [7, 11) is 0. The highest BCUT2D eigenvalue weighted by Gasteiger charge is 2.26. The van der Waals surface area contributed by atoms with Gasteiger partial charge in [0.2, 0.25) is 0 Å². The normalized spacial score (nSPS) is 11.9. The minimum atomic E-state index is 1.13. The Bertz CT molecular complexity index is 2660. The maximum atomic E-state index is 2.50. The van der Waals surface area contributed by atoms with Crippen LogP contribution in [0, 0.1) is 0 Å². The molecule has 0 saturated carbocycles. The maximum absolute atomic E-state index is 2.50. The van der Waals surface area contributed by atoms with Gasteiger partial charge in [-0.3, -0.25) is 0 Å². The molecule has 2 heterocycles. The molecule has 0 spiro atoms. The smallest absolute Gasteiger partial charge is 0.0624 e. The fourth-order valence-electron chi connectivity index (χ4n) is 7.80. The number of hydrogen-bond donors (Lipinski definition) is 0. The lowest BCUT2D eigenvalue weighted by Gasteiger charge is -2.31. The molecule has 0 aliphatic rings. The fourth-order valence-corrected chi connectivity index (χ4v) is 7.80. The van der Waals surface area contributed by atoms with Gasteiger partial charge in [-0.15, -0.1) is 0 Å². The molecule has 214 valence electrons. The van der Waals surface area contributed by atoms with E-state index in [0.717, 1.165) is 11.4 Å². The van der Waals surface area contributed by atoms with E-state index in [1.165, 1.54) is 76.5 Å². The topological polar surface area (TPSA) is 7.65 Å². The number of anilines is 3. The highest BCUT2D eigenvalue weighted by atomic mass is 15.1. The molecule has 0 atom stereocenters. The summed E-state index contributed by atoms with van der Waals surface area (Å²) in [6.45, 7) is 0. The number of fused-ring (bicyclic) bond motifs is 9. The molecule has 46 heavy (non-hydrogen) atoms. The minimum Gasteiger partial charge on any atom is -0.309 e. The third-order valence-corrected chi connectivity index (χ3v) is 9.65. The van der Waals surface area contributed by atoms with Gasteiger partial charge >= 0.3 is 0 Å². The number of para-hydroxylation sites is 3. The molecule has 0 aliphatic carbocycles. The Kier molecular flexibility index (Phi) is 5.31. The van der Waals surface area contributed by atoms with Gasteiger partial charge in [-0.2, -0.15) is 0 Å². The predicted molar refractivity (Wildman–Crippen MR) is 196 cm³/mol. The molecule has 8 aromatic carbocycles. The number of benzene rings is 8. The van der Waals surface area contributed by atoms with Crippen LogP contribution >= 0.6 is 0 Å². The van der Waals surface area contributed by atoms with Crippen molar-refractivity contribution < 1.29 is 0 Å². The van der Waals surface area contributed by atoms with Crippen molar-refractivity contribution in [2.24, 2.45) is 0 Å². The van der Waals surface area contributed by atoms with Crippen LogP contribution in [0.15, 0.2) is 170 Å². The van der Waals surface area contributed by atoms with E-state index in [2.05, 4.69) is 179 Å². The number of aromatic nitrogens is 1. The first-order chi connectivity index (χ1) is 22.9. The Morgan fingerprint density at radius 3 is 1.41 bits per heavy atom. The zero-order valence-electron chi connectivity index (χ0n) is 25.1. The molecule has 0 saturated heterocycles. The van der Waals surface area contributed by atoms with Gasteiger partial charge in [-0.25, -0.2) is 0 Å². The highest BCUT2D eigenvalue weighted by molar-refractivity contribution is 6.26. The molecule has 10 rings (SSSR count). The van der Waals surface area contributed by atoms with Gasteiger partial charge in [0.15, 0.2) is 0 Å². The molecule has 0 N–H and O–H groups in total. The van der Waals surface area contributed by atoms with E-state index < -0.39 is 0 Å². The summed E-state index contributed by atoms with van der Waals surface area (Å²) in [5.74, 6) is 0. The van der Waals surface area contributed by atoms with Crippen molar-refractivity contribution in [3.63, 3.8) is 0 Å². The Hall–Kier alpha value is -6.12. The fraction of sp³-hybridized carbons (Fsp3) is 0. The van der Waals surface area contributed by atoms with Crippen LogP contribution in [-0.2, 0) is 0 Å². The van der Waals surface area contributed by atoms with E-state index in [1.807, 2.05) is 0 Å². The van der Waals surface area contributed by atoms with Gasteiger partial charge in [0.05, 0.1) is 22.2 Å². The standard InChI is InChI=1S/C44H28N2/c1-3-15-29(16-4-1)42-36-23-9-7-19-32(36)33-20-8-10-24-37(33)44(42)45(30-17-5-2-6-18-30)31-27-38-34-21-11-13-25-40(34)46-41-26-14-12-22-35(41)39(28-31)43(38)46/h1-28H. The Balaban J connectivity index is 1.42. The second kappa shape index (κ2) is 9.69. The first kappa shape index (κ1) is 25.2. The second-order valence-corrected chi connectivity index (χ2v) is 12.1. The summed E-state index contributed by atoms with van der Waals surface area (Å²) in [5, 5.41) is 10.1. The molecular formula is C44H28N2. The largest absolute Gasteiger partial charge is 0.309 e. The highest BCUT2D eigenvalue weighted by Crippen LogP contribution is 2.51. The van der Waals surface area contributed by atoms with E-state index in [9.17, 15) is 0 Å². The molecule has 0 amide bonds. The summed E-state index contributed by atoms with van der Waals surface area (Å²) in [4.78, 5) is 2.50. The SMILES string of the molecule is c1ccc(-c2c(N(c3ccccc3)c3cc4c5ccccc5n5c6ccccc6c(c3)c45)c3ccccc3c3ccccc23)cc1. The van der Waals surface area contributed by atoms with Crippen molar-refractivity contribution >= 4 is 76.7 Å². The second-order valence-electron chi connectivity index (χ2n) is 12.1. The molecule has 0 radical (unpaired) electrons. The van der Waals surface area contributed by atoms with Crippen LogP contribution in [0.4, 0.5) is 17.1 Å². The van der Waals surface area contributed by atoms with Gasteiger partial charge in [-0.1, -0.05) is 133 Å². The first-order valence-corrected chi connectivity index (χ1v) is 15.9. The lowest BCUT2D eigenvalue weighted by Crippen LogP contribution is -2.12. The van der Waals surface area contributed by atoms with Crippen molar-refractivity contribution in [1.82, 2.24) is 4.40 Å². The molecule has 0 fully saturated rings. The molecule has 0 unspecified atom stereocenters. The van der Waals surface area contributed by atoms with Crippen LogP contribution in [0.2, 0.25) is 0 Å². The van der Waals surface area contributed by atoms with Gasteiger partial charge in [0, 0.05) is 43.9 Å². The number of nitrogens with zero attached hydrogens (tertiary/aromatic N) is 2. The predicted octanol–water partition coefficient (Wildman–Crippen LogP) is 12.3. The van der Waals surface area contributed by atoms with E-state index in [4.69, 9.17) is 0 Å². The first-order valence-electron chi connectivity index (χ1n) is 15.9. The van der Waals surface area contributed by atoms with Crippen molar-refractivity contribution in [3.05, 3.63) is 170 Å². The number of rotatable bonds is 4. The van der Waals surface area contributed by atoms with Gasteiger partial charge < -0.3 is 9.30 Å². The number of hydrogen-bond acceptors (Lipinski definition) is 1. The minimum absolute atomic E-state index is 1.13. The molecule has 2 aromatic heterocycles. The quantitative estimate of drug-likeness (QED) is 0.187. The van der Waals surface area contributed by atoms with E-state index >= 15 is 0 Å². The van der Waals surface area contributed by atoms with Crippen molar-refractivity contribution in [3.8, 4) is 11.1 Å².